The summed E-state index contributed by atoms with van der Waals surface area (Å²) in [5, 5.41) is 6.12. The third-order valence-electron chi connectivity index (χ3n) is 1.50. The molecule has 0 unspecified atom stereocenters. The van der Waals surface area contributed by atoms with E-state index in [9.17, 15) is 4.79 Å². The Morgan fingerprint density at radius 1 is 1.29 bits per heavy atom. The summed E-state index contributed by atoms with van der Waals surface area (Å²) in [6, 6.07) is 0. The standard InChI is InChI=1S/C9H19N3O2/c1-4-10-9(11-5-2)12-7-6-8(13)14-3/h4-7H2,1-3H3,(H2,10,11,12). The van der Waals surface area contributed by atoms with Crippen molar-refractivity contribution in [2.45, 2.75) is 20.3 Å². The fraction of sp³-hybridized carbons (Fsp3) is 0.778. The normalized spacial score (nSPS) is 9.07. The molecule has 0 heterocycles. The van der Waals surface area contributed by atoms with E-state index in [0.29, 0.717) is 13.0 Å². The van der Waals surface area contributed by atoms with Crippen molar-refractivity contribution in [1.82, 2.24) is 10.6 Å². The third kappa shape index (κ3) is 6.28. The summed E-state index contributed by atoms with van der Waals surface area (Å²) in [5.74, 6) is 0.500. The topological polar surface area (TPSA) is 62.7 Å². The van der Waals surface area contributed by atoms with Gasteiger partial charge >= 0.3 is 5.97 Å². The Morgan fingerprint density at radius 3 is 2.29 bits per heavy atom. The highest BCUT2D eigenvalue weighted by Gasteiger charge is 1.99. The molecule has 0 aromatic carbocycles. The summed E-state index contributed by atoms with van der Waals surface area (Å²) in [5.41, 5.74) is 0. The number of aliphatic imine (C=N–C) groups is 1. The van der Waals surface area contributed by atoms with Crippen molar-refractivity contribution in [3.05, 3.63) is 0 Å². The molecular formula is C9H19N3O2. The molecule has 82 valence electrons. The van der Waals surface area contributed by atoms with Gasteiger partial charge in [-0.15, -0.1) is 0 Å². The number of nitrogens with zero attached hydrogens (tertiary/aromatic N) is 1. The number of guanidine groups is 1. The van der Waals surface area contributed by atoms with Crippen molar-refractivity contribution in [3.8, 4) is 0 Å². The van der Waals surface area contributed by atoms with E-state index in [2.05, 4.69) is 20.4 Å². The lowest BCUT2D eigenvalue weighted by Crippen LogP contribution is -2.37. The number of esters is 1. The van der Waals surface area contributed by atoms with Gasteiger partial charge < -0.3 is 15.4 Å². The molecule has 14 heavy (non-hydrogen) atoms. The largest absolute Gasteiger partial charge is 0.469 e. The molecule has 0 fully saturated rings. The lowest BCUT2D eigenvalue weighted by Gasteiger charge is -2.08. The van der Waals surface area contributed by atoms with Gasteiger partial charge in [-0.05, 0) is 13.8 Å². The quantitative estimate of drug-likeness (QED) is 0.377. The van der Waals surface area contributed by atoms with E-state index < -0.39 is 0 Å². The first-order chi connectivity index (χ1) is 6.74. The van der Waals surface area contributed by atoms with Crippen molar-refractivity contribution in [2.75, 3.05) is 26.7 Å². The molecular weight excluding hydrogens is 182 g/mol. The maximum atomic E-state index is 10.8. The number of methoxy groups -OCH3 is 1. The molecule has 0 rings (SSSR count). The Hall–Kier alpha value is -1.26. The molecule has 0 amide bonds. The molecule has 0 aliphatic heterocycles. The van der Waals surface area contributed by atoms with Crippen LogP contribution < -0.4 is 10.6 Å². The summed E-state index contributed by atoms with van der Waals surface area (Å²) < 4.78 is 4.50. The van der Waals surface area contributed by atoms with Gasteiger partial charge in [-0.1, -0.05) is 0 Å². The molecule has 0 aliphatic carbocycles. The minimum absolute atomic E-state index is 0.235. The molecule has 0 aromatic heterocycles. The molecule has 0 spiro atoms. The summed E-state index contributed by atoms with van der Waals surface area (Å²) in [4.78, 5) is 15.0. The van der Waals surface area contributed by atoms with Crippen LogP contribution in [0.4, 0.5) is 0 Å². The molecule has 0 bridgehead atoms. The van der Waals surface area contributed by atoms with Crippen molar-refractivity contribution in [1.29, 1.82) is 0 Å². The molecule has 0 saturated heterocycles. The van der Waals surface area contributed by atoms with E-state index in [1.54, 1.807) is 0 Å². The number of rotatable bonds is 5. The SMILES string of the molecule is CCNC(=NCCC(=O)OC)NCC. The van der Waals surface area contributed by atoms with Crippen LogP contribution in [0, 0.1) is 0 Å². The Bertz CT molecular complexity index is 184. The van der Waals surface area contributed by atoms with Crippen molar-refractivity contribution < 1.29 is 9.53 Å². The fourth-order valence-corrected chi connectivity index (χ4v) is 0.870. The van der Waals surface area contributed by atoms with Gasteiger partial charge in [-0.3, -0.25) is 9.79 Å². The summed E-state index contributed by atoms with van der Waals surface area (Å²) in [7, 11) is 1.38. The Morgan fingerprint density at radius 2 is 1.86 bits per heavy atom. The average Bonchev–Trinajstić information content (AvgIpc) is 2.18. The van der Waals surface area contributed by atoms with Gasteiger partial charge in [0.1, 0.15) is 0 Å². The van der Waals surface area contributed by atoms with Crippen LogP contribution in [0.5, 0.6) is 0 Å². The Labute approximate surface area is 84.9 Å². The molecule has 0 aromatic rings. The van der Waals surface area contributed by atoms with Crippen molar-refractivity contribution >= 4 is 11.9 Å². The van der Waals surface area contributed by atoms with Gasteiger partial charge in [0.05, 0.1) is 20.1 Å². The third-order valence-corrected chi connectivity index (χ3v) is 1.50. The highest BCUT2D eigenvalue weighted by Crippen LogP contribution is 1.85. The zero-order valence-corrected chi connectivity index (χ0v) is 9.09. The van der Waals surface area contributed by atoms with E-state index in [4.69, 9.17) is 0 Å². The highest BCUT2D eigenvalue weighted by molar-refractivity contribution is 5.80. The average molecular weight is 201 g/mol. The smallest absolute Gasteiger partial charge is 0.307 e. The van der Waals surface area contributed by atoms with E-state index in [0.717, 1.165) is 19.0 Å². The van der Waals surface area contributed by atoms with E-state index >= 15 is 0 Å². The summed E-state index contributed by atoms with van der Waals surface area (Å²) >= 11 is 0. The van der Waals surface area contributed by atoms with Crippen LogP contribution in [0.3, 0.4) is 0 Å². The summed E-state index contributed by atoms with van der Waals surface area (Å²) in [6.07, 6.45) is 0.316. The number of carbonyl (C=O) groups excluding carboxylic acids is 1. The first-order valence-corrected chi connectivity index (χ1v) is 4.83. The van der Waals surface area contributed by atoms with Gasteiger partial charge in [0, 0.05) is 13.1 Å². The molecule has 0 radical (unpaired) electrons. The maximum Gasteiger partial charge on any atom is 0.307 e. The van der Waals surface area contributed by atoms with Crippen LogP contribution in [0.25, 0.3) is 0 Å². The molecule has 0 aliphatic rings. The second-order valence-corrected chi connectivity index (χ2v) is 2.62. The maximum absolute atomic E-state index is 10.8. The second-order valence-electron chi connectivity index (χ2n) is 2.62. The van der Waals surface area contributed by atoms with Gasteiger partial charge in [-0.2, -0.15) is 0 Å². The lowest BCUT2D eigenvalue weighted by atomic mass is 10.4. The van der Waals surface area contributed by atoms with Gasteiger partial charge in [-0.25, -0.2) is 0 Å². The van der Waals surface area contributed by atoms with Gasteiger partial charge in [0.15, 0.2) is 5.96 Å². The van der Waals surface area contributed by atoms with E-state index in [-0.39, 0.29) is 5.97 Å². The number of hydrogen-bond donors (Lipinski definition) is 2. The zero-order chi connectivity index (χ0) is 10.8. The zero-order valence-electron chi connectivity index (χ0n) is 9.09. The molecule has 5 heteroatoms. The Balaban J connectivity index is 3.83. The minimum atomic E-state index is -0.235. The molecule has 2 N–H and O–H groups in total. The van der Waals surface area contributed by atoms with Crippen LogP contribution in [-0.4, -0.2) is 38.7 Å². The van der Waals surface area contributed by atoms with Gasteiger partial charge in [0.25, 0.3) is 0 Å². The predicted molar refractivity (Wildman–Crippen MR) is 56.3 cm³/mol. The lowest BCUT2D eigenvalue weighted by molar-refractivity contribution is -0.140. The number of nitrogens with one attached hydrogen (secondary N) is 2. The highest BCUT2D eigenvalue weighted by atomic mass is 16.5. The van der Waals surface area contributed by atoms with Crippen LogP contribution in [0.2, 0.25) is 0 Å². The minimum Gasteiger partial charge on any atom is -0.469 e. The van der Waals surface area contributed by atoms with Crippen molar-refractivity contribution in [2.24, 2.45) is 4.99 Å². The van der Waals surface area contributed by atoms with Crippen LogP contribution in [0.15, 0.2) is 4.99 Å². The Kier molecular flexibility index (Phi) is 7.59. The molecule has 0 saturated carbocycles. The van der Waals surface area contributed by atoms with E-state index in [1.807, 2.05) is 13.8 Å². The summed E-state index contributed by atoms with van der Waals surface area (Å²) in [6.45, 7) is 6.05. The van der Waals surface area contributed by atoms with Crippen LogP contribution >= 0.6 is 0 Å². The van der Waals surface area contributed by atoms with Crippen LogP contribution in [-0.2, 0) is 9.53 Å². The predicted octanol–water partition coefficient (Wildman–Crippen LogP) is 0.124. The molecule has 5 nitrogen and oxygen atoms in total. The first kappa shape index (κ1) is 12.7. The number of ether oxygens (including phenoxy) is 1. The number of carbonyl (C=O) groups is 1. The monoisotopic (exact) mass is 201 g/mol. The van der Waals surface area contributed by atoms with Crippen LogP contribution in [0.1, 0.15) is 20.3 Å². The van der Waals surface area contributed by atoms with Crippen molar-refractivity contribution in [3.63, 3.8) is 0 Å². The van der Waals surface area contributed by atoms with E-state index in [1.165, 1.54) is 7.11 Å². The first-order valence-electron chi connectivity index (χ1n) is 4.83. The fourth-order valence-electron chi connectivity index (χ4n) is 0.870. The molecule has 0 atom stereocenters. The number of hydrogen-bond acceptors (Lipinski definition) is 3. The van der Waals surface area contributed by atoms with Gasteiger partial charge in [0.2, 0.25) is 0 Å². The second kappa shape index (κ2) is 8.34.